The van der Waals surface area contributed by atoms with Crippen molar-refractivity contribution in [2.75, 3.05) is 7.11 Å². The molecule has 0 bridgehead atoms. The summed E-state index contributed by atoms with van der Waals surface area (Å²) in [4.78, 5) is 4.11. The van der Waals surface area contributed by atoms with Crippen molar-refractivity contribution in [3.63, 3.8) is 0 Å². The summed E-state index contributed by atoms with van der Waals surface area (Å²) in [7, 11) is 1.50. The number of rotatable bonds is 1. The van der Waals surface area contributed by atoms with Crippen molar-refractivity contribution in [3.8, 4) is 5.88 Å². The number of imidazole rings is 1. The monoisotopic (exact) mass is 255 g/mol. The van der Waals surface area contributed by atoms with E-state index in [0.29, 0.717) is 22.6 Å². The summed E-state index contributed by atoms with van der Waals surface area (Å²) in [6.07, 6.45) is -4.36. The van der Waals surface area contributed by atoms with Gasteiger partial charge in [0.2, 0.25) is 5.88 Å². The summed E-state index contributed by atoms with van der Waals surface area (Å²) in [5.74, 6) is 0.499. The number of nitrogens with zero attached hydrogens (tertiary/aromatic N) is 2. The second kappa shape index (κ2) is 3.41. The molecule has 0 radical (unpaired) electrons. The van der Waals surface area contributed by atoms with E-state index in [0.717, 1.165) is 12.1 Å². The maximum absolute atomic E-state index is 12.6. The van der Waals surface area contributed by atoms with Crippen molar-refractivity contribution < 1.29 is 17.9 Å². The molecule has 0 atom stereocenters. The number of alkyl halides is 3. The zero-order chi connectivity index (χ0) is 12.9. The first-order valence-electron chi connectivity index (χ1n) is 5.11. The number of nitrogens with one attached hydrogen (secondary N) is 1. The van der Waals surface area contributed by atoms with E-state index in [1.165, 1.54) is 13.2 Å². The van der Waals surface area contributed by atoms with E-state index in [4.69, 9.17) is 4.74 Å². The molecule has 0 aliphatic heterocycles. The van der Waals surface area contributed by atoms with E-state index in [-0.39, 0.29) is 0 Å². The second-order valence-corrected chi connectivity index (χ2v) is 3.83. The minimum Gasteiger partial charge on any atom is -0.481 e. The van der Waals surface area contributed by atoms with Gasteiger partial charge in [-0.3, -0.25) is 5.10 Å². The Morgan fingerprint density at radius 3 is 2.72 bits per heavy atom. The molecule has 4 nitrogen and oxygen atoms in total. The molecule has 3 rings (SSSR count). The first-order chi connectivity index (χ1) is 8.49. The Labute approximate surface area is 99.0 Å². The Balaban J connectivity index is 2.25. The molecule has 0 aliphatic carbocycles. The summed E-state index contributed by atoms with van der Waals surface area (Å²) in [5.41, 5.74) is 0.670. The lowest BCUT2D eigenvalue weighted by atomic mass is 10.2. The van der Waals surface area contributed by atoms with Crippen LogP contribution in [0.25, 0.3) is 16.7 Å². The maximum atomic E-state index is 12.6. The van der Waals surface area contributed by atoms with E-state index < -0.39 is 11.7 Å². The Hall–Kier alpha value is -2.18. The summed E-state index contributed by atoms with van der Waals surface area (Å²) in [6, 6.07) is 5.06. The first kappa shape index (κ1) is 10.9. The van der Waals surface area contributed by atoms with Crippen LogP contribution in [-0.4, -0.2) is 21.7 Å². The maximum Gasteiger partial charge on any atom is 0.416 e. The van der Waals surface area contributed by atoms with Crippen LogP contribution in [0.1, 0.15) is 5.56 Å². The highest BCUT2D eigenvalue weighted by atomic mass is 19.4. The fourth-order valence-corrected chi connectivity index (χ4v) is 1.85. The molecule has 7 heteroatoms. The van der Waals surface area contributed by atoms with Crippen molar-refractivity contribution in [2.45, 2.75) is 6.18 Å². The molecule has 2 aromatic heterocycles. The molecule has 3 aromatic rings. The van der Waals surface area contributed by atoms with Crippen LogP contribution in [0.15, 0.2) is 24.3 Å². The Morgan fingerprint density at radius 1 is 1.28 bits per heavy atom. The fourth-order valence-electron chi connectivity index (χ4n) is 1.85. The standard InChI is InChI=1S/C11H8F3N3O/c1-18-10-5-9-15-7-4-6(11(12,13)14)2-3-8(7)17(9)16-10/h2-5,16H,1H3. The number of benzene rings is 1. The van der Waals surface area contributed by atoms with Crippen LogP contribution in [0.2, 0.25) is 0 Å². The Morgan fingerprint density at radius 2 is 2.06 bits per heavy atom. The van der Waals surface area contributed by atoms with Crippen molar-refractivity contribution in [3.05, 3.63) is 29.8 Å². The lowest BCUT2D eigenvalue weighted by Crippen LogP contribution is -2.04. The van der Waals surface area contributed by atoms with Gasteiger partial charge in [-0.05, 0) is 18.2 Å². The molecular formula is C11H8F3N3O. The number of methoxy groups -OCH3 is 1. The number of halogens is 3. The van der Waals surface area contributed by atoms with Crippen LogP contribution in [-0.2, 0) is 6.18 Å². The second-order valence-electron chi connectivity index (χ2n) is 3.83. The van der Waals surface area contributed by atoms with Crippen LogP contribution >= 0.6 is 0 Å². The summed E-state index contributed by atoms with van der Waals surface area (Å²) in [6.45, 7) is 0. The van der Waals surface area contributed by atoms with Crippen molar-refractivity contribution in [1.29, 1.82) is 0 Å². The zero-order valence-corrected chi connectivity index (χ0v) is 9.25. The highest BCUT2D eigenvalue weighted by molar-refractivity contribution is 5.81. The van der Waals surface area contributed by atoms with Gasteiger partial charge >= 0.3 is 6.18 Å². The van der Waals surface area contributed by atoms with Gasteiger partial charge in [0, 0.05) is 6.07 Å². The van der Waals surface area contributed by atoms with Gasteiger partial charge < -0.3 is 4.74 Å². The molecule has 0 aliphatic rings. The Kier molecular flexibility index (Phi) is 2.07. The van der Waals surface area contributed by atoms with Crippen molar-refractivity contribution >= 4 is 16.7 Å². The van der Waals surface area contributed by atoms with Crippen LogP contribution in [0.4, 0.5) is 13.2 Å². The van der Waals surface area contributed by atoms with Crippen LogP contribution in [0.5, 0.6) is 5.88 Å². The van der Waals surface area contributed by atoms with Crippen molar-refractivity contribution in [2.24, 2.45) is 0 Å². The molecule has 0 fully saturated rings. The SMILES string of the molecule is COc1cc2nc3cc(C(F)(F)F)ccc3n2[nH]1. The minimum absolute atomic E-state index is 0.290. The number of ether oxygens (including phenoxy) is 1. The average Bonchev–Trinajstić information content (AvgIpc) is 2.83. The van der Waals surface area contributed by atoms with Gasteiger partial charge in [-0.15, -0.1) is 0 Å². The van der Waals surface area contributed by atoms with E-state index in [2.05, 4.69) is 10.1 Å². The minimum atomic E-state index is -4.36. The van der Waals surface area contributed by atoms with Gasteiger partial charge in [0.05, 0.1) is 23.7 Å². The molecule has 1 aromatic carbocycles. The molecule has 2 heterocycles. The third-order valence-corrected chi connectivity index (χ3v) is 2.71. The summed E-state index contributed by atoms with van der Waals surface area (Å²) < 4.78 is 44.2. The summed E-state index contributed by atoms with van der Waals surface area (Å²) >= 11 is 0. The smallest absolute Gasteiger partial charge is 0.416 e. The molecule has 0 saturated carbocycles. The molecule has 1 N–H and O–H groups in total. The van der Waals surface area contributed by atoms with Gasteiger partial charge in [-0.2, -0.15) is 13.2 Å². The van der Waals surface area contributed by atoms with Gasteiger partial charge in [-0.25, -0.2) is 9.50 Å². The predicted octanol–water partition coefficient (Wildman–Crippen LogP) is 2.84. The van der Waals surface area contributed by atoms with Crippen LogP contribution < -0.4 is 4.74 Å². The third kappa shape index (κ3) is 1.51. The Bertz CT molecular complexity index is 726. The number of hydrogen-bond donors (Lipinski definition) is 1. The number of H-pyrrole nitrogens is 1. The fraction of sp³-hybridized carbons (Fsp3) is 0.182. The van der Waals surface area contributed by atoms with Crippen LogP contribution in [0.3, 0.4) is 0 Å². The van der Waals surface area contributed by atoms with Gasteiger partial charge in [0.25, 0.3) is 0 Å². The number of fused-ring (bicyclic) bond motifs is 3. The normalized spacial score (nSPS) is 12.4. The lowest BCUT2D eigenvalue weighted by Gasteiger charge is -2.05. The third-order valence-electron chi connectivity index (χ3n) is 2.71. The van der Waals surface area contributed by atoms with E-state index in [1.54, 1.807) is 10.6 Å². The van der Waals surface area contributed by atoms with E-state index in [9.17, 15) is 13.2 Å². The number of hydrogen-bond acceptors (Lipinski definition) is 2. The molecule has 0 spiro atoms. The molecule has 0 amide bonds. The highest BCUT2D eigenvalue weighted by Gasteiger charge is 2.30. The van der Waals surface area contributed by atoms with Gasteiger partial charge in [0.15, 0.2) is 5.65 Å². The molecular weight excluding hydrogens is 247 g/mol. The molecule has 0 saturated heterocycles. The molecule has 94 valence electrons. The van der Waals surface area contributed by atoms with Gasteiger partial charge in [-0.1, -0.05) is 0 Å². The highest BCUT2D eigenvalue weighted by Crippen LogP contribution is 2.31. The topological polar surface area (TPSA) is 42.3 Å². The lowest BCUT2D eigenvalue weighted by molar-refractivity contribution is -0.137. The van der Waals surface area contributed by atoms with Crippen LogP contribution in [0, 0.1) is 0 Å². The number of aromatic amines is 1. The quantitative estimate of drug-likeness (QED) is 0.726. The first-order valence-corrected chi connectivity index (χ1v) is 5.11. The molecule has 18 heavy (non-hydrogen) atoms. The van der Waals surface area contributed by atoms with Gasteiger partial charge in [0.1, 0.15) is 0 Å². The number of aromatic nitrogens is 3. The van der Waals surface area contributed by atoms with Crippen molar-refractivity contribution in [1.82, 2.24) is 14.6 Å². The van der Waals surface area contributed by atoms with E-state index >= 15 is 0 Å². The molecule has 0 unspecified atom stereocenters. The zero-order valence-electron chi connectivity index (χ0n) is 9.25. The summed E-state index contributed by atoms with van der Waals surface area (Å²) in [5, 5.41) is 2.88. The van der Waals surface area contributed by atoms with E-state index in [1.807, 2.05) is 0 Å². The average molecular weight is 255 g/mol. The predicted molar refractivity (Wildman–Crippen MR) is 58.6 cm³/mol. The largest absolute Gasteiger partial charge is 0.481 e.